The largest absolute Gasteiger partial charge is 0.507 e. The van der Waals surface area contributed by atoms with E-state index in [2.05, 4.69) is 0 Å². The average Bonchev–Trinajstić information content (AvgIpc) is 3.15. The van der Waals surface area contributed by atoms with E-state index in [1.54, 1.807) is 55.5 Å². The Morgan fingerprint density at radius 2 is 1.53 bits per heavy atom. The second-order valence-corrected chi connectivity index (χ2v) is 8.25. The lowest BCUT2D eigenvalue weighted by Gasteiger charge is -2.26. The molecule has 1 heterocycles. The van der Waals surface area contributed by atoms with Gasteiger partial charge in [-0.05, 0) is 80.4 Å². The molecule has 36 heavy (non-hydrogen) atoms. The molecule has 1 aliphatic rings. The number of aryl methyl sites for hydroxylation is 1. The number of hydrogen-bond acceptors (Lipinski definition) is 6. The van der Waals surface area contributed by atoms with Gasteiger partial charge in [0.05, 0.1) is 30.4 Å². The molecule has 1 unspecified atom stereocenters. The normalized spacial score (nSPS) is 16.8. The number of rotatable bonds is 7. The summed E-state index contributed by atoms with van der Waals surface area (Å²) >= 11 is 0. The zero-order valence-electron chi connectivity index (χ0n) is 20.4. The van der Waals surface area contributed by atoms with Gasteiger partial charge in [-0.1, -0.05) is 24.3 Å². The molecule has 1 atom stereocenters. The van der Waals surface area contributed by atoms with Crippen LogP contribution in [0.1, 0.15) is 46.9 Å². The molecule has 1 amide bonds. The minimum atomic E-state index is -0.855. The van der Waals surface area contributed by atoms with Crippen LogP contribution in [-0.2, 0) is 14.3 Å². The first-order valence-corrected chi connectivity index (χ1v) is 11.7. The van der Waals surface area contributed by atoms with Crippen LogP contribution in [0.5, 0.6) is 5.75 Å². The Morgan fingerprint density at radius 3 is 2.14 bits per heavy atom. The third-order valence-electron chi connectivity index (χ3n) is 6.02. The zero-order valence-corrected chi connectivity index (χ0v) is 20.4. The summed E-state index contributed by atoms with van der Waals surface area (Å²) in [7, 11) is 0. The van der Waals surface area contributed by atoms with E-state index >= 15 is 0 Å². The number of anilines is 1. The Bertz CT molecular complexity index is 1320. The third-order valence-corrected chi connectivity index (χ3v) is 6.02. The van der Waals surface area contributed by atoms with Gasteiger partial charge in [0.15, 0.2) is 0 Å². The van der Waals surface area contributed by atoms with Crippen LogP contribution < -0.4 is 9.64 Å². The number of benzene rings is 3. The van der Waals surface area contributed by atoms with Gasteiger partial charge in [0.25, 0.3) is 11.7 Å². The fourth-order valence-corrected chi connectivity index (χ4v) is 4.29. The Kier molecular flexibility index (Phi) is 7.20. The topological polar surface area (TPSA) is 93.1 Å². The SMILES string of the molecule is CCOC(=O)c1ccc(N2C(=O)C(=O)/C(=C(/O)c3ccc(OCC)cc3)C2c2ccccc2C)cc1. The third kappa shape index (κ3) is 4.60. The molecular formula is C29H27NO6. The number of ketones is 1. The van der Waals surface area contributed by atoms with Crippen molar-refractivity contribution in [2.75, 3.05) is 18.1 Å². The van der Waals surface area contributed by atoms with Crippen LogP contribution in [0.25, 0.3) is 5.76 Å². The molecular weight excluding hydrogens is 458 g/mol. The van der Waals surface area contributed by atoms with E-state index in [1.807, 2.05) is 38.1 Å². The average molecular weight is 486 g/mol. The number of ether oxygens (including phenoxy) is 2. The Morgan fingerprint density at radius 1 is 0.889 bits per heavy atom. The Labute approximate surface area is 209 Å². The van der Waals surface area contributed by atoms with Crippen molar-refractivity contribution in [2.24, 2.45) is 0 Å². The van der Waals surface area contributed by atoms with Gasteiger partial charge in [0.1, 0.15) is 11.5 Å². The first-order chi connectivity index (χ1) is 17.4. The second kappa shape index (κ2) is 10.5. The van der Waals surface area contributed by atoms with Crippen LogP contribution in [0.15, 0.2) is 78.4 Å². The van der Waals surface area contributed by atoms with E-state index in [0.29, 0.717) is 34.7 Å². The minimum absolute atomic E-state index is 0.00655. The highest BCUT2D eigenvalue weighted by molar-refractivity contribution is 6.51. The van der Waals surface area contributed by atoms with Gasteiger partial charge in [-0.3, -0.25) is 14.5 Å². The highest BCUT2D eigenvalue weighted by Crippen LogP contribution is 2.43. The summed E-state index contributed by atoms with van der Waals surface area (Å²) < 4.78 is 10.5. The standard InChI is InChI=1S/C29H27NO6/c1-4-35-22-16-12-19(13-17-22)26(31)24-25(23-9-7-6-8-18(23)3)30(28(33)27(24)32)21-14-10-20(11-15-21)29(34)36-5-2/h6-17,25,31H,4-5H2,1-3H3/b26-24+. The monoisotopic (exact) mass is 485 g/mol. The molecule has 1 aliphatic heterocycles. The van der Waals surface area contributed by atoms with Crippen molar-refractivity contribution in [2.45, 2.75) is 26.8 Å². The van der Waals surface area contributed by atoms with Crippen LogP contribution in [0.3, 0.4) is 0 Å². The molecule has 0 radical (unpaired) electrons. The molecule has 3 aromatic rings. The van der Waals surface area contributed by atoms with Crippen LogP contribution in [0.4, 0.5) is 5.69 Å². The van der Waals surface area contributed by atoms with Crippen LogP contribution >= 0.6 is 0 Å². The smallest absolute Gasteiger partial charge is 0.338 e. The first kappa shape index (κ1) is 24.7. The molecule has 3 aromatic carbocycles. The number of hydrogen-bond donors (Lipinski definition) is 1. The summed E-state index contributed by atoms with van der Waals surface area (Å²) in [5.74, 6) is -1.66. The molecule has 1 N–H and O–H groups in total. The number of nitrogens with zero attached hydrogens (tertiary/aromatic N) is 1. The summed E-state index contributed by atoms with van der Waals surface area (Å²) in [6, 6.07) is 19.5. The van der Waals surface area contributed by atoms with E-state index in [1.165, 1.54) is 4.90 Å². The van der Waals surface area contributed by atoms with Crippen molar-refractivity contribution >= 4 is 29.1 Å². The summed E-state index contributed by atoms with van der Waals surface area (Å²) in [5.41, 5.74) is 2.71. The fourth-order valence-electron chi connectivity index (χ4n) is 4.29. The summed E-state index contributed by atoms with van der Waals surface area (Å²) in [6.45, 7) is 6.22. The van der Waals surface area contributed by atoms with Gasteiger partial charge in [0, 0.05) is 11.3 Å². The number of esters is 1. The Balaban J connectivity index is 1.84. The highest BCUT2D eigenvalue weighted by Gasteiger charge is 2.47. The van der Waals surface area contributed by atoms with Crippen LogP contribution in [0.2, 0.25) is 0 Å². The lowest BCUT2D eigenvalue weighted by atomic mass is 9.92. The number of aliphatic hydroxyl groups is 1. The number of carbonyl (C=O) groups excluding carboxylic acids is 3. The van der Waals surface area contributed by atoms with Gasteiger partial charge < -0.3 is 14.6 Å². The quantitative estimate of drug-likeness (QED) is 0.214. The molecule has 7 nitrogen and oxygen atoms in total. The van der Waals surface area contributed by atoms with Crippen LogP contribution in [0, 0.1) is 6.92 Å². The van der Waals surface area contributed by atoms with Crippen molar-refractivity contribution in [3.63, 3.8) is 0 Å². The summed E-state index contributed by atoms with van der Waals surface area (Å²) in [5, 5.41) is 11.3. The number of aliphatic hydroxyl groups excluding tert-OH is 1. The molecule has 4 rings (SSSR count). The van der Waals surface area contributed by atoms with Crippen molar-refractivity contribution < 1.29 is 29.0 Å². The van der Waals surface area contributed by atoms with E-state index in [-0.39, 0.29) is 17.9 Å². The predicted molar refractivity (Wildman–Crippen MR) is 136 cm³/mol. The molecule has 184 valence electrons. The fraction of sp³-hybridized carbons (Fsp3) is 0.207. The highest BCUT2D eigenvalue weighted by atomic mass is 16.5. The lowest BCUT2D eigenvalue weighted by Crippen LogP contribution is -2.29. The molecule has 0 spiro atoms. The lowest BCUT2D eigenvalue weighted by molar-refractivity contribution is -0.132. The van der Waals surface area contributed by atoms with Crippen LogP contribution in [-0.4, -0.2) is 36.0 Å². The van der Waals surface area contributed by atoms with Gasteiger partial charge in [-0.25, -0.2) is 4.79 Å². The zero-order chi connectivity index (χ0) is 25.8. The maximum Gasteiger partial charge on any atom is 0.338 e. The van der Waals surface area contributed by atoms with Gasteiger partial charge in [-0.2, -0.15) is 0 Å². The van der Waals surface area contributed by atoms with Gasteiger partial charge in [0.2, 0.25) is 0 Å². The molecule has 1 saturated heterocycles. The summed E-state index contributed by atoms with van der Waals surface area (Å²) in [4.78, 5) is 40.1. The minimum Gasteiger partial charge on any atom is -0.507 e. The maximum atomic E-state index is 13.3. The second-order valence-electron chi connectivity index (χ2n) is 8.25. The molecule has 7 heteroatoms. The van der Waals surface area contributed by atoms with Crippen molar-refractivity contribution in [3.8, 4) is 5.75 Å². The summed E-state index contributed by atoms with van der Waals surface area (Å²) in [6.07, 6.45) is 0. The van der Waals surface area contributed by atoms with E-state index in [4.69, 9.17) is 9.47 Å². The predicted octanol–water partition coefficient (Wildman–Crippen LogP) is 5.20. The first-order valence-electron chi connectivity index (χ1n) is 11.7. The van der Waals surface area contributed by atoms with E-state index in [0.717, 1.165) is 5.56 Å². The van der Waals surface area contributed by atoms with Crippen molar-refractivity contribution in [3.05, 3.63) is 101 Å². The van der Waals surface area contributed by atoms with E-state index < -0.39 is 23.7 Å². The molecule has 1 fully saturated rings. The maximum absolute atomic E-state index is 13.3. The number of carbonyl (C=O) groups is 3. The van der Waals surface area contributed by atoms with Crippen molar-refractivity contribution in [1.29, 1.82) is 0 Å². The van der Waals surface area contributed by atoms with E-state index in [9.17, 15) is 19.5 Å². The molecule has 0 aliphatic carbocycles. The number of Topliss-reactive ketones (excluding diaryl/α,β-unsaturated/α-hetero) is 1. The van der Waals surface area contributed by atoms with Crippen molar-refractivity contribution in [1.82, 2.24) is 0 Å². The molecule has 0 saturated carbocycles. The number of amides is 1. The van der Waals surface area contributed by atoms with Gasteiger partial charge in [-0.15, -0.1) is 0 Å². The molecule has 0 bridgehead atoms. The van der Waals surface area contributed by atoms with Gasteiger partial charge >= 0.3 is 5.97 Å². The Hall–Kier alpha value is -4.39. The molecule has 0 aromatic heterocycles.